The lowest BCUT2D eigenvalue weighted by molar-refractivity contribution is 0.195. The number of aromatic nitrogens is 2. The molecule has 0 bridgehead atoms. The van der Waals surface area contributed by atoms with E-state index in [1.807, 2.05) is 24.5 Å². The van der Waals surface area contributed by atoms with Crippen LogP contribution >= 0.6 is 0 Å². The smallest absolute Gasteiger partial charge is 0.0703 e. The molecule has 1 fully saturated rings. The molecule has 3 heterocycles. The standard InChI is InChI=1S/C20H22N4/c1-16(19-7-4-5-9-21-19)23-10-12-24(13-11-23)18-14-17-6-2-3-8-20(17)22-15-18/h2-9,14-16H,10-13H2,1H3. The minimum atomic E-state index is 0.364. The van der Waals surface area contributed by atoms with Crippen LogP contribution < -0.4 is 4.90 Å². The van der Waals surface area contributed by atoms with Crippen molar-refractivity contribution in [1.82, 2.24) is 14.9 Å². The topological polar surface area (TPSA) is 32.3 Å². The van der Waals surface area contributed by atoms with Crippen LogP contribution in [0.25, 0.3) is 10.9 Å². The predicted octanol–water partition coefficient (Wildman–Crippen LogP) is 3.51. The zero-order chi connectivity index (χ0) is 16.4. The highest BCUT2D eigenvalue weighted by Gasteiger charge is 2.23. The molecule has 122 valence electrons. The summed E-state index contributed by atoms with van der Waals surface area (Å²) in [6, 6.07) is 17.1. The van der Waals surface area contributed by atoms with Gasteiger partial charge in [0, 0.05) is 43.8 Å². The molecule has 1 aliphatic rings. The van der Waals surface area contributed by atoms with Crippen molar-refractivity contribution < 1.29 is 0 Å². The number of fused-ring (bicyclic) bond motifs is 1. The number of anilines is 1. The monoisotopic (exact) mass is 318 g/mol. The molecule has 0 N–H and O–H groups in total. The maximum absolute atomic E-state index is 4.59. The van der Waals surface area contributed by atoms with E-state index in [0.717, 1.165) is 37.4 Å². The van der Waals surface area contributed by atoms with Crippen LogP contribution in [0, 0.1) is 0 Å². The Balaban J connectivity index is 1.45. The minimum absolute atomic E-state index is 0.364. The van der Waals surface area contributed by atoms with E-state index in [2.05, 4.69) is 63.1 Å². The Morgan fingerprint density at radius 3 is 2.50 bits per heavy atom. The van der Waals surface area contributed by atoms with E-state index in [9.17, 15) is 0 Å². The van der Waals surface area contributed by atoms with Gasteiger partial charge in [-0.2, -0.15) is 0 Å². The molecule has 0 spiro atoms. The Hall–Kier alpha value is -2.46. The number of hydrogen-bond acceptors (Lipinski definition) is 4. The quantitative estimate of drug-likeness (QED) is 0.740. The molecule has 1 atom stereocenters. The van der Waals surface area contributed by atoms with Crippen LogP contribution in [0.15, 0.2) is 60.9 Å². The first-order valence-electron chi connectivity index (χ1n) is 8.56. The number of piperazine rings is 1. The van der Waals surface area contributed by atoms with Crippen molar-refractivity contribution in [2.75, 3.05) is 31.1 Å². The van der Waals surface area contributed by atoms with Crippen LogP contribution in [0.1, 0.15) is 18.7 Å². The van der Waals surface area contributed by atoms with E-state index in [1.165, 1.54) is 11.1 Å². The lowest BCUT2D eigenvalue weighted by Gasteiger charge is -2.38. The van der Waals surface area contributed by atoms with Crippen molar-refractivity contribution in [2.24, 2.45) is 0 Å². The van der Waals surface area contributed by atoms with Gasteiger partial charge in [0.1, 0.15) is 0 Å². The second kappa shape index (κ2) is 6.57. The zero-order valence-electron chi connectivity index (χ0n) is 14.0. The van der Waals surface area contributed by atoms with Gasteiger partial charge in [-0.3, -0.25) is 14.9 Å². The highest BCUT2D eigenvalue weighted by Crippen LogP contribution is 2.24. The molecule has 4 nitrogen and oxygen atoms in total. The fourth-order valence-electron chi connectivity index (χ4n) is 3.41. The van der Waals surface area contributed by atoms with Crippen molar-refractivity contribution >= 4 is 16.6 Å². The van der Waals surface area contributed by atoms with Gasteiger partial charge in [-0.1, -0.05) is 24.3 Å². The van der Waals surface area contributed by atoms with Gasteiger partial charge in [0.25, 0.3) is 0 Å². The van der Waals surface area contributed by atoms with Gasteiger partial charge in [-0.05, 0) is 31.2 Å². The maximum Gasteiger partial charge on any atom is 0.0703 e. The van der Waals surface area contributed by atoms with Crippen LogP contribution in [-0.4, -0.2) is 41.0 Å². The van der Waals surface area contributed by atoms with E-state index < -0.39 is 0 Å². The van der Waals surface area contributed by atoms with E-state index in [-0.39, 0.29) is 0 Å². The fourth-order valence-corrected chi connectivity index (χ4v) is 3.41. The Kier molecular flexibility index (Phi) is 4.13. The first-order valence-corrected chi connectivity index (χ1v) is 8.56. The summed E-state index contributed by atoms with van der Waals surface area (Å²) in [4.78, 5) is 14.0. The molecule has 1 aliphatic heterocycles. The Morgan fingerprint density at radius 2 is 1.71 bits per heavy atom. The summed E-state index contributed by atoms with van der Waals surface area (Å²) in [5.74, 6) is 0. The number of pyridine rings is 2. The summed E-state index contributed by atoms with van der Waals surface area (Å²) in [6.45, 7) is 6.39. The van der Waals surface area contributed by atoms with Crippen molar-refractivity contribution in [3.05, 3.63) is 66.6 Å². The molecule has 4 heteroatoms. The molecule has 1 saturated heterocycles. The van der Waals surface area contributed by atoms with E-state index in [1.54, 1.807) is 0 Å². The lowest BCUT2D eigenvalue weighted by Crippen LogP contribution is -2.47. The molecule has 0 amide bonds. The van der Waals surface area contributed by atoms with Gasteiger partial charge < -0.3 is 4.90 Å². The fraction of sp³-hybridized carbons (Fsp3) is 0.300. The van der Waals surface area contributed by atoms with E-state index >= 15 is 0 Å². The Labute approximate surface area is 142 Å². The molecule has 0 radical (unpaired) electrons. The van der Waals surface area contributed by atoms with Gasteiger partial charge in [0.2, 0.25) is 0 Å². The average molecular weight is 318 g/mol. The second-order valence-corrected chi connectivity index (χ2v) is 6.34. The number of rotatable bonds is 3. The highest BCUT2D eigenvalue weighted by atomic mass is 15.3. The predicted molar refractivity (Wildman–Crippen MR) is 98.2 cm³/mol. The summed E-state index contributed by atoms with van der Waals surface area (Å²) < 4.78 is 0. The van der Waals surface area contributed by atoms with Gasteiger partial charge in [-0.25, -0.2) is 0 Å². The number of nitrogens with zero attached hydrogens (tertiary/aromatic N) is 4. The molecule has 0 aliphatic carbocycles. The molecular weight excluding hydrogens is 296 g/mol. The molecule has 3 aromatic rings. The van der Waals surface area contributed by atoms with Gasteiger partial charge in [-0.15, -0.1) is 0 Å². The Bertz CT molecular complexity index is 810. The maximum atomic E-state index is 4.59. The molecule has 24 heavy (non-hydrogen) atoms. The average Bonchev–Trinajstić information content (AvgIpc) is 2.68. The molecule has 4 rings (SSSR count). The summed E-state index contributed by atoms with van der Waals surface area (Å²) in [5, 5.41) is 1.21. The summed E-state index contributed by atoms with van der Waals surface area (Å²) in [7, 11) is 0. The summed E-state index contributed by atoms with van der Waals surface area (Å²) in [5.41, 5.74) is 3.43. The van der Waals surface area contributed by atoms with Crippen LogP contribution in [0.2, 0.25) is 0 Å². The SMILES string of the molecule is CC(c1ccccn1)N1CCN(c2cnc3ccccc3c2)CC1. The van der Waals surface area contributed by atoms with Gasteiger partial charge >= 0.3 is 0 Å². The zero-order valence-corrected chi connectivity index (χ0v) is 14.0. The largest absolute Gasteiger partial charge is 0.368 e. The second-order valence-electron chi connectivity index (χ2n) is 6.34. The highest BCUT2D eigenvalue weighted by molar-refractivity contribution is 5.81. The van der Waals surface area contributed by atoms with E-state index in [0.29, 0.717) is 6.04 Å². The molecule has 2 aromatic heterocycles. The number of benzene rings is 1. The van der Waals surface area contributed by atoms with Crippen LogP contribution in [0.5, 0.6) is 0 Å². The first-order chi connectivity index (χ1) is 11.8. The van der Waals surface area contributed by atoms with Crippen molar-refractivity contribution in [2.45, 2.75) is 13.0 Å². The van der Waals surface area contributed by atoms with Gasteiger partial charge in [0.05, 0.1) is 23.1 Å². The van der Waals surface area contributed by atoms with Crippen LogP contribution in [0.4, 0.5) is 5.69 Å². The first kappa shape index (κ1) is 15.1. The third-order valence-corrected chi connectivity index (χ3v) is 4.92. The lowest BCUT2D eigenvalue weighted by atomic mass is 10.1. The molecular formula is C20H22N4. The van der Waals surface area contributed by atoms with E-state index in [4.69, 9.17) is 0 Å². The van der Waals surface area contributed by atoms with Crippen LogP contribution in [0.3, 0.4) is 0 Å². The summed E-state index contributed by atoms with van der Waals surface area (Å²) in [6.07, 6.45) is 3.88. The van der Waals surface area contributed by atoms with Crippen molar-refractivity contribution in [1.29, 1.82) is 0 Å². The molecule has 1 aromatic carbocycles. The normalized spacial score (nSPS) is 17.1. The summed E-state index contributed by atoms with van der Waals surface area (Å²) >= 11 is 0. The third-order valence-electron chi connectivity index (χ3n) is 4.92. The third kappa shape index (κ3) is 2.97. The van der Waals surface area contributed by atoms with Crippen molar-refractivity contribution in [3.63, 3.8) is 0 Å². The van der Waals surface area contributed by atoms with Crippen molar-refractivity contribution in [3.8, 4) is 0 Å². The molecule has 1 unspecified atom stereocenters. The Morgan fingerprint density at radius 1 is 0.917 bits per heavy atom. The number of hydrogen-bond donors (Lipinski definition) is 0. The van der Waals surface area contributed by atoms with Crippen LogP contribution in [-0.2, 0) is 0 Å². The number of para-hydroxylation sites is 1. The molecule has 0 saturated carbocycles. The minimum Gasteiger partial charge on any atom is -0.368 e. The van der Waals surface area contributed by atoms with Gasteiger partial charge in [0.15, 0.2) is 0 Å².